The van der Waals surface area contributed by atoms with Gasteiger partial charge in [-0.2, -0.15) is 14.1 Å². The fourth-order valence-electron chi connectivity index (χ4n) is 4.33. The van der Waals surface area contributed by atoms with Gasteiger partial charge in [-0.3, -0.25) is 4.79 Å². The van der Waals surface area contributed by atoms with Crippen molar-refractivity contribution in [3.05, 3.63) is 64.8 Å². The number of thiazole rings is 1. The summed E-state index contributed by atoms with van der Waals surface area (Å²) in [5.41, 5.74) is 4.37. The molecule has 1 aliphatic rings. The summed E-state index contributed by atoms with van der Waals surface area (Å²) in [6.45, 7) is 9.18. The number of hydrogen-bond donors (Lipinski definition) is 1. The number of aryl methyl sites for hydroxylation is 3. The smallest absolute Gasteiger partial charge is 0.256 e. The molecule has 1 saturated heterocycles. The molecule has 0 radical (unpaired) electrons. The standard InChI is InChI=1S/C26H29N5O3S2/c1-16-9-11-30(12-10-16)36(33,34)21-7-5-20(6-8-21)25(32)28-24-15-19(4)29-31(24)26-27-22-13-17(2)18(3)14-23(22)35-26/h5-8,13-16H,9-12H2,1-4H3,(H,28,32). The van der Waals surface area contributed by atoms with Crippen LogP contribution in [-0.2, 0) is 10.0 Å². The lowest BCUT2D eigenvalue weighted by atomic mass is 10.0. The zero-order valence-electron chi connectivity index (χ0n) is 20.8. The molecule has 1 amide bonds. The predicted octanol–water partition coefficient (Wildman–Crippen LogP) is 5.08. The van der Waals surface area contributed by atoms with Gasteiger partial charge in [0.2, 0.25) is 15.2 Å². The molecule has 0 saturated carbocycles. The molecule has 8 nitrogen and oxygen atoms in total. The minimum Gasteiger partial charge on any atom is -0.306 e. The molecule has 4 aromatic rings. The first kappa shape index (κ1) is 24.6. The second-order valence-electron chi connectivity index (χ2n) is 9.55. The highest BCUT2D eigenvalue weighted by molar-refractivity contribution is 7.89. The Labute approximate surface area is 215 Å². The van der Waals surface area contributed by atoms with Crippen LogP contribution in [0.25, 0.3) is 15.3 Å². The number of amides is 1. The number of carbonyl (C=O) groups excluding carboxylic acids is 1. The number of nitrogens with zero attached hydrogens (tertiary/aromatic N) is 4. The Bertz CT molecular complexity index is 1510. The van der Waals surface area contributed by atoms with Crippen molar-refractivity contribution in [2.75, 3.05) is 18.4 Å². The molecule has 0 unspecified atom stereocenters. The summed E-state index contributed by atoms with van der Waals surface area (Å²) in [4.78, 5) is 18.0. The summed E-state index contributed by atoms with van der Waals surface area (Å²) in [6, 6.07) is 12.1. The number of sulfonamides is 1. The first-order valence-corrected chi connectivity index (χ1v) is 14.2. The molecule has 5 rings (SSSR count). The van der Waals surface area contributed by atoms with E-state index < -0.39 is 10.0 Å². The largest absolute Gasteiger partial charge is 0.306 e. The summed E-state index contributed by atoms with van der Waals surface area (Å²) in [7, 11) is -3.56. The topological polar surface area (TPSA) is 97.2 Å². The molecule has 1 N–H and O–H groups in total. The lowest BCUT2D eigenvalue weighted by Gasteiger charge is -2.29. The van der Waals surface area contributed by atoms with Crippen LogP contribution in [0.5, 0.6) is 0 Å². The third-order valence-corrected chi connectivity index (χ3v) is 9.65. The molecule has 0 spiro atoms. The molecular weight excluding hydrogens is 494 g/mol. The van der Waals surface area contributed by atoms with Crippen molar-refractivity contribution in [3.8, 4) is 5.13 Å². The minimum atomic E-state index is -3.56. The fourth-order valence-corrected chi connectivity index (χ4v) is 6.81. The number of carbonyl (C=O) groups is 1. The summed E-state index contributed by atoms with van der Waals surface area (Å²) in [5.74, 6) is 0.694. The van der Waals surface area contributed by atoms with Gasteiger partial charge in [-0.1, -0.05) is 18.3 Å². The van der Waals surface area contributed by atoms with Gasteiger partial charge in [-0.15, -0.1) is 0 Å². The monoisotopic (exact) mass is 523 g/mol. The van der Waals surface area contributed by atoms with Crippen molar-refractivity contribution in [1.29, 1.82) is 0 Å². The molecule has 1 fully saturated rings. The van der Waals surface area contributed by atoms with Crippen LogP contribution in [-0.4, -0.2) is 46.5 Å². The van der Waals surface area contributed by atoms with E-state index in [1.165, 1.54) is 38.9 Å². The number of aromatic nitrogens is 3. The van der Waals surface area contributed by atoms with Crippen molar-refractivity contribution in [3.63, 3.8) is 0 Å². The maximum atomic E-state index is 13.0. The SMILES string of the molecule is Cc1cc(NC(=O)c2ccc(S(=O)(=O)N3CCC(C)CC3)cc2)n(-c2nc3cc(C)c(C)cc3s2)n1. The number of nitrogens with one attached hydrogen (secondary N) is 1. The molecule has 2 aromatic heterocycles. The lowest BCUT2D eigenvalue weighted by molar-refractivity contribution is 0.102. The Morgan fingerprint density at radius 3 is 2.39 bits per heavy atom. The predicted molar refractivity (Wildman–Crippen MR) is 143 cm³/mol. The Kier molecular flexibility index (Phi) is 6.44. The number of benzene rings is 2. The molecule has 36 heavy (non-hydrogen) atoms. The van der Waals surface area contributed by atoms with Gasteiger partial charge in [-0.05, 0) is 87.1 Å². The number of anilines is 1. The Balaban J connectivity index is 1.36. The molecule has 0 aliphatic carbocycles. The second-order valence-corrected chi connectivity index (χ2v) is 12.5. The van der Waals surface area contributed by atoms with Gasteiger partial charge in [0.1, 0.15) is 5.82 Å². The van der Waals surface area contributed by atoms with Crippen LogP contribution >= 0.6 is 11.3 Å². The zero-order chi connectivity index (χ0) is 25.6. The Hall–Kier alpha value is -3.08. The van der Waals surface area contributed by atoms with E-state index in [2.05, 4.69) is 43.3 Å². The van der Waals surface area contributed by atoms with Crippen LogP contribution in [0.15, 0.2) is 47.4 Å². The van der Waals surface area contributed by atoms with Gasteiger partial charge in [-0.25, -0.2) is 13.4 Å². The summed E-state index contributed by atoms with van der Waals surface area (Å²) in [5, 5.41) is 8.11. The summed E-state index contributed by atoms with van der Waals surface area (Å²) < 4.78 is 30.2. The molecule has 0 bridgehead atoms. The minimum absolute atomic E-state index is 0.203. The highest BCUT2D eigenvalue weighted by Crippen LogP contribution is 2.30. The molecule has 3 heterocycles. The van der Waals surface area contributed by atoms with E-state index in [1.807, 2.05) is 6.92 Å². The van der Waals surface area contributed by atoms with Crippen LogP contribution in [0.1, 0.15) is 46.9 Å². The average Bonchev–Trinajstić information content (AvgIpc) is 3.42. The third-order valence-electron chi connectivity index (χ3n) is 6.74. The number of fused-ring (bicyclic) bond motifs is 1. The molecule has 188 valence electrons. The second kappa shape index (κ2) is 9.42. The van der Waals surface area contributed by atoms with Gasteiger partial charge in [0, 0.05) is 24.7 Å². The van der Waals surface area contributed by atoms with Crippen molar-refractivity contribution >= 4 is 43.3 Å². The highest BCUT2D eigenvalue weighted by atomic mass is 32.2. The first-order valence-electron chi connectivity index (χ1n) is 12.0. The summed E-state index contributed by atoms with van der Waals surface area (Å²) >= 11 is 1.51. The van der Waals surface area contributed by atoms with E-state index >= 15 is 0 Å². The van der Waals surface area contributed by atoms with Crippen LogP contribution in [0.2, 0.25) is 0 Å². The van der Waals surface area contributed by atoms with Crippen molar-refractivity contribution in [1.82, 2.24) is 19.1 Å². The number of hydrogen-bond acceptors (Lipinski definition) is 6. The molecular formula is C26H29N5O3S2. The van der Waals surface area contributed by atoms with Crippen LogP contribution in [0.3, 0.4) is 0 Å². The maximum Gasteiger partial charge on any atom is 0.256 e. The molecule has 1 aliphatic heterocycles. The Morgan fingerprint density at radius 1 is 1.03 bits per heavy atom. The first-order chi connectivity index (χ1) is 17.1. The summed E-state index contributed by atoms with van der Waals surface area (Å²) in [6.07, 6.45) is 1.72. The van der Waals surface area contributed by atoms with E-state index in [0.717, 1.165) is 28.8 Å². The van der Waals surface area contributed by atoms with Crippen molar-refractivity contribution in [2.24, 2.45) is 5.92 Å². The van der Waals surface area contributed by atoms with E-state index in [9.17, 15) is 13.2 Å². The van der Waals surface area contributed by atoms with Crippen LogP contribution in [0.4, 0.5) is 5.82 Å². The molecule has 10 heteroatoms. The van der Waals surface area contributed by atoms with E-state index in [4.69, 9.17) is 4.98 Å². The highest BCUT2D eigenvalue weighted by Gasteiger charge is 2.28. The fraction of sp³-hybridized carbons (Fsp3) is 0.346. The quantitative estimate of drug-likeness (QED) is 0.393. The van der Waals surface area contributed by atoms with Gasteiger partial charge in [0.15, 0.2) is 0 Å². The normalized spacial score (nSPS) is 15.4. The number of piperidine rings is 1. The van der Waals surface area contributed by atoms with Gasteiger partial charge in [0.25, 0.3) is 5.91 Å². The Morgan fingerprint density at radius 2 is 1.69 bits per heavy atom. The van der Waals surface area contributed by atoms with Crippen molar-refractivity contribution in [2.45, 2.75) is 45.4 Å². The maximum absolute atomic E-state index is 13.0. The van der Waals surface area contributed by atoms with Gasteiger partial charge in [0.05, 0.1) is 20.8 Å². The van der Waals surface area contributed by atoms with E-state index in [1.54, 1.807) is 22.9 Å². The lowest BCUT2D eigenvalue weighted by Crippen LogP contribution is -2.37. The molecule has 0 atom stereocenters. The number of rotatable bonds is 5. The molecule has 2 aromatic carbocycles. The third kappa shape index (κ3) is 4.68. The van der Waals surface area contributed by atoms with E-state index in [-0.39, 0.29) is 10.8 Å². The van der Waals surface area contributed by atoms with Crippen LogP contribution < -0.4 is 5.32 Å². The zero-order valence-corrected chi connectivity index (χ0v) is 22.4. The average molecular weight is 524 g/mol. The van der Waals surface area contributed by atoms with Gasteiger partial charge >= 0.3 is 0 Å². The van der Waals surface area contributed by atoms with Gasteiger partial charge < -0.3 is 5.32 Å². The van der Waals surface area contributed by atoms with E-state index in [0.29, 0.717) is 35.5 Å². The van der Waals surface area contributed by atoms with Crippen LogP contribution in [0, 0.1) is 26.7 Å². The van der Waals surface area contributed by atoms with Crippen molar-refractivity contribution < 1.29 is 13.2 Å².